The Balaban J connectivity index is 1.29. The van der Waals surface area contributed by atoms with E-state index in [2.05, 4.69) is 15.0 Å². The molecule has 0 unspecified atom stereocenters. The van der Waals surface area contributed by atoms with E-state index in [1.54, 1.807) is 6.07 Å². The number of nitrogens with one attached hydrogen (secondary N) is 1. The highest BCUT2D eigenvalue weighted by Gasteiger charge is 2.30. The summed E-state index contributed by atoms with van der Waals surface area (Å²) in [7, 11) is 3.99. The first-order chi connectivity index (χ1) is 16.7. The number of alkyl halides is 3. The molecule has 0 fully saturated rings. The van der Waals surface area contributed by atoms with Gasteiger partial charge in [-0.25, -0.2) is 4.98 Å². The van der Waals surface area contributed by atoms with Gasteiger partial charge in [0, 0.05) is 44.2 Å². The number of nitrogens with zero attached hydrogens (tertiary/aromatic N) is 2. The number of halogens is 3. The predicted octanol–water partition coefficient (Wildman–Crippen LogP) is 6.45. The lowest BCUT2D eigenvalue weighted by Gasteiger charge is -2.11. The summed E-state index contributed by atoms with van der Waals surface area (Å²) in [5.41, 5.74) is 4.15. The van der Waals surface area contributed by atoms with Gasteiger partial charge in [-0.2, -0.15) is 0 Å². The van der Waals surface area contributed by atoms with Crippen molar-refractivity contribution in [1.82, 2.24) is 4.98 Å². The van der Waals surface area contributed by atoms with Crippen LogP contribution >= 0.6 is 0 Å². The minimum absolute atomic E-state index is 0.267. The quantitative estimate of drug-likeness (QED) is 0.276. The van der Waals surface area contributed by atoms with E-state index in [4.69, 9.17) is 9.15 Å². The molecule has 1 aromatic heterocycles. The summed E-state index contributed by atoms with van der Waals surface area (Å²) in [5, 5.41) is 3.08. The molecule has 0 spiro atoms. The van der Waals surface area contributed by atoms with Gasteiger partial charge in [-0.3, -0.25) is 0 Å². The Hall–Kier alpha value is -4.14. The highest BCUT2D eigenvalue weighted by molar-refractivity contribution is 5.77. The highest BCUT2D eigenvalue weighted by atomic mass is 19.4. The van der Waals surface area contributed by atoms with E-state index in [1.165, 1.54) is 24.3 Å². The minimum Gasteiger partial charge on any atom is -0.492 e. The van der Waals surface area contributed by atoms with Gasteiger partial charge in [0.25, 0.3) is 0 Å². The molecule has 0 bridgehead atoms. The summed E-state index contributed by atoms with van der Waals surface area (Å²) < 4.78 is 52.1. The van der Waals surface area contributed by atoms with Crippen molar-refractivity contribution in [2.45, 2.75) is 6.36 Å². The molecule has 0 amide bonds. The smallest absolute Gasteiger partial charge is 0.492 e. The summed E-state index contributed by atoms with van der Waals surface area (Å²) in [4.78, 5) is 6.51. The minimum atomic E-state index is -4.71. The van der Waals surface area contributed by atoms with Gasteiger partial charge in [-0.15, -0.1) is 13.2 Å². The summed E-state index contributed by atoms with van der Waals surface area (Å²) in [6.07, 6.45) is -0.947. The number of hydrogen-bond donors (Lipinski definition) is 1. The van der Waals surface area contributed by atoms with Crippen LogP contribution in [0.3, 0.4) is 0 Å². The molecule has 182 valence electrons. The van der Waals surface area contributed by atoms with Crippen molar-refractivity contribution in [3.63, 3.8) is 0 Å². The monoisotopic (exact) mass is 483 g/mol. The number of ether oxygens (including phenoxy) is 2. The van der Waals surface area contributed by atoms with E-state index in [0.717, 1.165) is 16.8 Å². The second-order valence-corrected chi connectivity index (χ2v) is 7.85. The highest BCUT2D eigenvalue weighted by Crippen LogP contribution is 2.25. The molecule has 0 atom stereocenters. The van der Waals surface area contributed by atoms with E-state index >= 15 is 0 Å². The van der Waals surface area contributed by atoms with Gasteiger partial charge in [-0.05, 0) is 60.2 Å². The molecular formula is C26H24F3N3O3. The van der Waals surface area contributed by atoms with Gasteiger partial charge in [0.2, 0.25) is 5.89 Å². The van der Waals surface area contributed by atoms with Crippen LogP contribution in [0.2, 0.25) is 0 Å². The average molecular weight is 483 g/mol. The van der Waals surface area contributed by atoms with Crippen LogP contribution in [-0.4, -0.2) is 38.6 Å². The molecule has 3 aromatic carbocycles. The SMILES string of the molecule is CN(C)c1ccc(/C=C/c2nc3ccc(OCCNc4ccc(OC(F)(F)F)cc4)cc3o2)cc1. The summed E-state index contributed by atoms with van der Waals surface area (Å²) >= 11 is 0. The maximum atomic E-state index is 12.2. The first-order valence-electron chi connectivity index (χ1n) is 10.8. The van der Waals surface area contributed by atoms with Gasteiger partial charge >= 0.3 is 6.36 Å². The standard InChI is InChI=1S/C26H24F3N3O3/c1-32(2)20-8-3-18(4-9-20)5-14-25-31-23-13-12-22(17-24(23)34-25)33-16-15-30-19-6-10-21(11-7-19)35-26(27,28)29/h3-14,17,30H,15-16H2,1-2H3/b14-5+. The zero-order chi connectivity index (χ0) is 24.8. The van der Waals surface area contributed by atoms with E-state index < -0.39 is 6.36 Å². The first kappa shape index (κ1) is 24.0. The molecule has 4 aromatic rings. The maximum absolute atomic E-state index is 12.2. The first-order valence-corrected chi connectivity index (χ1v) is 10.8. The number of rotatable bonds is 9. The lowest BCUT2D eigenvalue weighted by molar-refractivity contribution is -0.274. The van der Waals surface area contributed by atoms with E-state index in [-0.39, 0.29) is 5.75 Å². The molecule has 9 heteroatoms. The Labute approximate surface area is 200 Å². The third-order valence-electron chi connectivity index (χ3n) is 4.99. The molecule has 0 radical (unpaired) electrons. The van der Waals surface area contributed by atoms with Crippen molar-refractivity contribution >= 4 is 34.6 Å². The topological polar surface area (TPSA) is 59.8 Å². The Morgan fingerprint density at radius 2 is 1.66 bits per heavy atom. The van der Waals surface area contributed by atoms with Crippen LogP contribution in [0.1, 0.15) is 11.5 Å². The lowest BCUT2D eigenvalue weighted by atomic mass is 10.2. The van der Waals surface area contributed by atoms with Crippen molar-refractivity contribution in [3.05, 3.63) is 78.2 Å². The largest absolute Gasteiger partial charge is 0.573 e. The molecular weight excluding hydrogens is 459 g/mol. The van der Waals surface area contributed by atoms with Crippen molar-refractivity contribution < 1.29 is 27.1 Å². The Bertz CT molecular complexity index is 1280. The lowest BCUT2D eigenvalue weighted by Crippen LogP contribution is -2.17. The molecule has 0 saturated heterocycles. The fraction of sp³-hybridized carbons (Fsp3) is 0.192. The average Bonchev–Trinajstić information content (AvgIpc) is 3.23. The van der Waals surface area contributed by atoms with Crippen molar-refractivity contribution in [2.75, 3.05) is 37.5 Å². The number of oxazole rings is 1. The maximum Gasteiger partial charge on any atom is 0.573 e. The van der Waals surface area contributed by atoms with Gasteiger partial charge in [-0.1, -0.05) is 12.1 Å². The number of benzene rings is 3. The van der Waals surface area contributed by atoms with Gasteiger partial charge in [0.1, 0.15) is 23.6 Å². The molecule has 0 saturated carbocycles. The van der Waals surface area contributed by atoms with Crippen LogP contribution in [0.4, 0.5) is 24.5 Å². The third-order valence-corrected chi connectivity index (χ3v) is 4.99. The molecule has 35 heavy (non-hydrogen) atoms. The summed E-state index contributed by atoms with van der Waals surface area (Å²) in [6.45, 7) is 0.796. The van der Waals surface area contributed by atoms with Crippen LogP contribution in [-0.2, 0) is 0 Å². The molecule has 0 aliphatic heterocycles. The van der Waals surface area contributed by atoms with Gasteiger partial charge in [0.15, 0.2) is 5.58 Å². The Morgan fingerprint density at radius 3 is 2.34 bits per heavy atom. The summed E-state index contributed by atoms with van der Waals surface area (Å²) in [6, 6.07) is 19.1. The zero-order valence-corrected chi connectivity index (χ0v) is 19.2. The van der Waals surface area contributed by atoms with Crippen molar-refractivity contribution in [3.8, 4) is 11.5 Å². The van der Waals surface area contributed by atoms with E-state index in [9.17, 15) is 13.2 Å². The predicted molar refractivity (Wildman–Crippen MR) is 131 cm³/mol. The molecule has 4 rings (SSSR count). The number of fused-ring (bicyclic) bond motifs is 1. The van der Waals surface area contributed by atoms with E-state index in [1.807, 2.05) is 67.5 Å². The van der Waals surface area contributed by atoms with Crippen LogP contribution in [0.15, 0.2) is 71.1 Å². The van der Waals surface area contributed by atoms with Crippen LogP contribution < -0.4 is 19.7 Å². The molecule has 0 aliphatic rings. The molecule has 0 aliphatic carbocycles. The molecule has 1 heterocycles. The number of hydrogen-bond acceptors (Lipinski definition) is 6. The van der Waals surface area contributed by atoms with Crippen LogP contribution in [0.5, 0.6) is 11.5 Å². The normalized spacial score (nSPS) is 11.7. The Kier molecular flexibility index (Phi) is 7.14. The fourth-order valence-corrected chi connectivity index (χ4v) is 3.27. The van der Waals surface area contributed by atoms with Crippen LogP contribution in [0, 0.1) is 0 Å². The zero-order valence-electron chi connectivity index (χ0n) is 19.2. The molecule has 1 N–H and O–H groups in total. The second-order valence-electron chi connectivity index (χ2n) is 7.85. The fourth-order valence-electron chi connectivity index (χ4n) is 3.27. The van der Waals surface area contributed by atoms with Crippen molar-refractivity contribution in [1.29, 1.82) is 0 Å². The molecule has 6 nitrogen and oxygen atoms in total. The number of anilines is 2. The van der Waals surface area contributed by atoms with Gasteiger partial charge in [0.05, 0.1) is 0 Å². The number of aromatic nitrogens is 1. The summed E-state index contributed by atoms with van der Waals surface area (Å²) in [5.74, 6) is 0.851. The van der Waals surface area contributed by atoms with E-state index in [0.29, 0.717) is 36.1 Å². The Morgan fingerprint density at radius 1 is 0.943 bits per heavy atom. The third kappa shape index (κ3) is 6.92. The van der Waals surface area contributed by atoms with Crippen LogP contribution in [0.25, 0.3) is 23.3 Å². The van der Waals surface area contributed by atoms with Gasteiger partial charge < -0.3 is 24.1 Å². The second kappa shape index (κ2) is 10.4. The van der Waals surface area contributed by atoms with Crippen molar-refractivity contribution in [2.24, 2.45) is 0 Å².